The van der Waals surface area contributed by atoms with Crippen LogP contribution in [0.5, 0.6) is 0 Å². The Labute approximate surface area is 145 Å². The van der Waals surface area contributed by atoms with Crippen molar-refractivity contribution >= 4 is 23.2 Å². The predicted octanol–water partition coefficient (Wildman–Crippen LogP) is 2.85. The number of rotatable bonds is 4. The van der Waals surface area contributed by atoms with Crippen molar-refractivity contribution in [1.29, 1.82) is 0 Å². The van der Waals surface area contributed by atoms with Crippen LogP contribution in [0.3, 0.4) is 0 Å². The number of amides is 1. The second-order valence-electron chi connectivity index (χ2n) is 5.78. The summed E-state index contributed by atoms with van der Waals surface area (Å²) in [7, 11) is 0. The Hall–Kier alpha value is -1.89. The minimum atomic E-state index is -0.247. The smallest absolute Gasteiger partial charge is 0.276 e. The van der Waals surface area contributed by atoms with Gasteiger partial charge in [-0.05, 0) is 25.5 Å². The molecule has 128 valence electrons. The summed E-state index contributed by atoms with van der Waals surface area (Å²) in [5.74, 6) is -0.247. The van der Waals surface area contributed by atoms with Crippen molar-refractivity contribution in [1.82, 2.24) is 15.5 Å². The van der Waals surface area contributed by atoms with Crippen molar-refractivity contribution in [3.8, 4) is 0 Å². The molecular weight excluding hydrogens is 328 g/mol. The molecule has 3 rings (SSSR count). The molecule has 0 aliphatic carbocycles. The highest BCUT2D eigenvalue weighted by Crippen LogP contribution is 2.29. The summed E-state index contributed by atoms with van der Waals surface area (Å²) in [5.41, 5.74) is 3.81. The lowest BCUT2D eigenvalue weighted by atomic mass is 10.1. The first-order valence-corrected chi connectivity index (χ1v) is 8.45. The lowest BCUT2D eigenvalue weighted by Crippen LogP contribution is -2.33. The van der Waals surface area contributed by atoms with Crippen LogP contribution in [0, 0.1) is 6.92 Å². The molecule has 0 radical (unpaired) electrons. The Morgan fingerprint density at radius 2 is 2.33 bits per heavy atom. The van der Waals surface area contributed by atoms with Gasteiger partial charge in [-0.15, -0.1) is 0 Å². The van der Waals surface area contributed by atoms with Crippen LogP contribution in [0.2, 0.25) is 5.02 Å². The third kappa shape index (κ3) is 3.45. The van der Waals surface area contributed by atoms with E-state index in [2.05, 4.69) is 20.8 Å². The van der Waals surface area contributed by atoms with Crippen LogP contribution in [0.4, 0.5) is 5.69 Å². The summed E-state index contributed by atoms with van der Waals surface area (Å²) in [6.45, 7) is 6.16. The number of carbonyl (C=O) groups is 1. The van der Waals surface area contributed by atoms with Crippen LogP contribution < -0.4 is 10.6 Å². The summed E-state index contributed by atoms with van der Waals surface area (Å²) in [4.78, 5) is 12.4. The first kappa shape index (κ1) is 17.0. The Morgan fingerprint density at radius 1 is 1.50 bits per heavy atom. The molecule has 1 aliphatic heterocycles. The van der Waals surface area contributed by atoms with Crippen molar-refractivity contribution in [2.45, 2.75) is 26.4 Å². The third-order valence-corrected chi connectivity index (χ3v) is 4.54. The molecule has 24 heavy (non-hydrogen) atoms. The first-order chi connectivity index (χ1) is 11.6. The SMILES string of the molecule is CCc1[nH]nc(C(=O)Nc2ccc(C3CNCCO3)c(Cl)c2)c1C. The van der Waals surface area contributed by atoms with Gasteiger partial charge in [0.1, 0.15) is 0 Å². The van der Waals surface area contributed by atoms with Crippen molar-refractivity contribution in [2.24, 2.45) is 0 Å². The maximum atomic E-state index is 12.4. The number of aromatic nitrogens is 2. The fraction of sp³-hybridized carbons (Fsp3) is 0.412. The Balaban J connectivity index is 1.74. The van der Waals surface area contributed by atoms with E-state index in [1.807, 2.05) is 26.0 Å². The summed E-state index contributed by atoms with van der Waals surface area (Å²) < 4.78 is 5.72. The van der Waals surface area contributed by atoms with E-state index in [1.165, 1.54) is 0 Å². The molecule has 0 spiro atoms. The van der Waals surface area contributed by atoms with Crippen molar-refractivity contribution in [2.75, 3.05) is 25.0 Å². The predicted molar refractivity (Wildman–Crippen MR) is 93.7 cm³/mol. The summed E-state index contributed by atoms with van der Waals surface area (Å²) in [5, 5.41) is 13.7. The van der Waals surface area contributed by atoms with Crippen LogP contribution in [0.15, 0.2) is 18.2 Å². The lowest BCUT2D eigenvalue weighted by molar-refractivity contribution is 0.0278. The number of halogens is 1. The van der Waals surface area contributed by atoms with Crippen LogP contribution >= 0.6 is 11.6 Å². The molecule has 1 unspecified atom stereocenters. The van der Waals surface area contributed by atoms with Crippen molar-refractivity contribution in [3.63, 3.8) is 0 Å². The van der Waals surface area contributed by atoms with Crippen LogP contribution in [0.1, 0.15) is 40.3 Å². The second-order valence-corrected chi connectivity index (χ2v) is 6.19. The minimum absolute atomic E-state index is 0.0586. The zero-order valence-corrected chi connectivity index (χ0v) is 14.5. The first-order valence-electron chi connectivity index (χ1n) is 8.07. The van der Waals surface area contributed by atoms with Gasteiger partial charge in [-0.3, -0.25) is 9.89 Å². The topological polar surface area (TPSA) is 79.0 Å². The second kappa shape index (κ2) is 7.34. The Kier molecular flexibility index (Phi) is 5.18. The van der Waals surface area contributed by atoms with E-state index in [9.17, 15) is 4.79 Å². The highest BCUT2D eigenvalue weighted by atomic mass is 35.5. The third-order valence-electron chi connectivity index (χ3n) is 4.21. The van der Waals surface area contributed by atoms with E-state index in [0.29, 0.717) is 23.0 Å². The molecule has 1 aromatic carbocycles. The largest absolute Gasteiger partial charge is 0.371 e. The Bertz CT molecular complexity index is 738. The van der Waals surface area contributed by atoms with Gasteiger partial charge in [-0.25, -0.2) is 0 Å². The number of hydrogen-bond donors (Lipinski definition) is 3. The maximum Gasteiger partial charge on any atom is 0.276 e. The lowest BCUT2D eigenvalue weighted by Gasteiger charge is -2.25. The highest BCUT2D eigenvalue weighted by Gasteiger charge is 2.20. The molecular formula is C17H21ClN4O2. The van der Waals surface area contributed by atoms with Crippen molar-refractivity contribution in [3.05, 3.63) is 45.7 Å². The zero-order chi connectivity index (χ0) is 17.1. The van der Waals surface area contributed by atoms with E-state index in [4.69, 9.17) is 16.3 Å². The van der Waals surface area contributed by atoms with E-state index < -0.39 is 0 Å². The molecule has 2 heterocycles. The number of ether oxygens (including phenoxy) is 1. The number of nitrogens with one attached hydrogen (secondary N) is 3. The van der Waals surface area contributed by atoms with E-state index in [1.54, 1.807) is 6.07 Å². The molecule has 1 saturated heterocycles. The molecule has 1 amide bonds. The molecule has 2 aromatic rings. The number of H-pyrrole nitrogens is 1. The number of morpholine rings is 1. The molecule has 0 bridgehead atoms. The Morgan fingerprint density at radius 3 is 2.96 bits per heavy atom. The van der Waals surface area contributed by atoms with E-state index in [-0.39, 0.29) is 12.0 Å². The molecule has 1 aromatic heterocycles. The van der Waals surface area contributed by atoms with Gasteiger partial charge in [0.25, 0.3) is 5.91 Å². The highest BCUT2D eigenvalue weighted by molar-refractivity contribution is 6.31. The average molecular weight is 349 g/mol. The number of aryl methyl sites for hydroxylation is 1. The molecule has 0 saturated carbocycles. The van der Waals surface area contributed by atoms with E-state index in [0.717, 1.165) is 36.3 Å². The number of hydrogen-bond acceptors (Lipinski definition) is 4. The van der Waals surface area contributed by atoms with Crippen LogP contribution in [0.25, 0.3) is 0 Å². The number of carbonyl (C=O) groups excluding carboxylic acids is 1. The molecule has 1 fully saturated rings. The van der Waals surface area contributed by atoms with Gasteiger partial charge in [-0.2, -0.15) is 5.10 Å². The van der Waals surface area contributed by atoms with Gasteiger partial charge < -0.3 is 15.4 Å². The molecule has 1 aliphatic rings. The normalized spacial score (nSPS) is 17.7. The van der Waals surface area contributed by atoms with Crippen LogP contribution in [-0.4, -0.2) is 35.8 Å². The zero-order valence-electron chi connectivity index (χ0n) is 13.8. The van der Waals surface area contributed by atoms with Gasteiger partial charge in [0.15, 0.2) is 5.69 Å². The van der Waals surface area contributed by atoms with Gasteiger partial charge in [0.2, 0.25) is 0 Å². The van der Waals surface area contributed by atoms with Crippen molar-refractivity contribution < 1.29 is 9.53 Å². The fourth-order valence-electron chi connectivity index (χ4n) is 2.82. The van der Waals surface area contributed by atoms with Gasteiger partial charge in [-0.1, -0.05) is 24.6 Å². The molecule has 7 heteroatoms. The molecule has 3 N–H and O–H groups in total. The maximum absolute atomic E-state index is 12.4. The standard InChI is InChI=1S/C17H21ClN4O2/c1-3-14-10(2)16(22-21-14)17(23)20-11-4-5-12(13(18)8-11)15-9-19-6-7-24-15/h4-5,8,15,19H,3,6-7,9H2,1-2H3,(H,20,23)(H,21,22). The minimum Gasteiger partial charge on any atom is -0.371 e. The monoisotopic (exact) mass is 348 g/mol. The summed E-state index contributed by atoms with van der Waals surface area (Å²) >= 11 is 6.37. The summed E-state index contributed by atoms with van der Waals surface area (Å²) in [6, 6.07) is 5.47. The van der Waals surface area contributed by atoms with Gasteiger partial charge in [0, 0.05) is 40.6 Å². The average Bonchev–Trinajstić information content (AvgIpc) is 2.96. The van der Waals surface area contributed by atoms with Gasteiger partial charge >= 0.3 is 0 Å². The van der Waals surface area contributed by atoms with Gasteiger partial charge in [0.05, 0.1) is 12.7 Å². The van der Waals surface area contributed by atoms with Crippen LogP contribution in [-0.2, 0) is 11.2 Å². The fourth-order valence-corrected chi connectivity index (χ4v) is 3.12. The molecule has 6 nitrogen and oxygen atoms in total. The van der Waals surface area contributed by atoms with E-state index >= 15 is 0 Å². The number of anilines is 1. The quantitative estimate of drug-likeness (QED) is 0.793. The summed E-state index contributed by atoms with van der Waals surface area (Å²) in [6.07, 6.45) is 0.749. The molecule has 1 atom stereocenters. The number of nitrogens with zero attached hydrogens (tertiary/aromatic N) is 1. The number of aromatic amines is 1. The number of benzene rings is 1.